The van der Waals surface area contributed by atoms with Crippen LogP contribution in [0.5, 0.6) is 0 Å². The molecular weight excluding hydrogens is 328 g/mol. The van der Waals surface area contributed by atoms with Crippen LogP contribution in [0.3, 0.4) is 0 Å². The summed E-state index contributed by atoms with van der Waals surface area (Å²) < 4.78 is 5.05. The molecule has 5 nitrogen and oxygen atoms in total. The lowest BCUT2D eigenvalue weighted by Crippen LogP contribution is -2.42. The van der Waals surface area contributed by atoms with E-state index in [4.69, 9.17) is 4.74 Å². The van der Waals surface area contributed by atoms with Crippen LogP contribution >= 0.6 is 0 Å². The SMILES string of the molecule is COCCCNC(=O)C1CN(C(=O)c2ccccc2)CC12CCCCC2. The van der Waals surface area contributed by atoms with Crippen LogP contribution in [0.1, 0.15) is 48.9 Å². The maximum Gasteiger partial charge on any atom is 0.253 e. The van der Waals surface area contributed by atoms with Gasteiger partial charge in [0.1, 0.15) is 0 Å². The summed E-state index contributed by atoms with van der Waals surface area (Å²) in [7, 11) is 1.67. The highest BCUT2D eigenvalue weighted by atomic mass is 16.5. The summed E-state index contributed by atoms with van der Waals surface area (Å²) in [6, 6.07) is 9.40. The van der Waals surface area contributed by atoms with E-state index in [2.05, 4.69) is 5.32 Å². The Bertz CT molecular complexity index is 611. The molecular formula is C21H30N2O3. The molecule has 5 heteroatoms. The number of benzene rings is 1. The molecule has 1 saturated heterocycles. The number of hydrogen-bond acceptors (Lipinski definition) is 3. The summed E-state index contributed by atoms with van der Waals surface area (Å²) >= 11 is 0. The molecule has 1 saturated carbocycles. The Kier molecular flexibility index (Phi) is 6.30. The Morgan fingerprint density at radius 1 is 1.19 bits per heavy atom. The van der Waals surface area contributed by atoms with E-state index in [1.807, 2.05) is 35.2 Å². The molecule has 0 radical (unpaired) electrons. The highest BCUT2D eigenvalue weighted by Gasteiger charge is 2.51. The minimum atomic E-state index is -0.0991. The van der Waals surface area contributed by atoms with Crippen LogP contribution in [0.2, 0.25) is 0 Å². The lowest BCUT2D eigenvalue weighted by atomic mass is 9.67. The quantitative estimate of drug-likeness (QED) is 0.796. The van der Waals surface area contributed by atoms with E-state index in [0.29, 0.717) is 31.8 Å². The van der Waals surface area contributed by atoms with Crippen LogP contribution in [0.4, 0.5) is 0 Å². The summed E-state index contributed by atoms with van der Waals surface area (Å²) in [5.41, 5.74) is 0.660. The molecule has 1 aliphatic carbocycles. The lowest BCUT2D eigenvalue weighted by Gasteiger charge is -2.37. The zero-order valence-corrected chi connectivity index (χ0v) is 15.7. The van der Waals surface area contributed by atoms with Crippen molar-refractivity contribution in [2.45, 2.75) is 38.5 Å². The molecule has 3 rings (SSSR count). The normalized spacial score (nSPS) is 21.7. The zero-order valence-electron chi connectivity index (χ0n) is 15.7. The molecule has 1 unspecified atom stereocenters. The first-order valence-electron chi connectivity index (χ1n) is 9.77. The van der Waals surface area contributed by atoms with Gasteiger partial charge in [0.15, 0.2) is 0 Å². The van der Waals surface area contributed by atoms with E-state index in [1.54, 1.807) is 7.11 Å². The number of hydrogen-bond donors (Lipinski definition) is 1. The maximum atomic E-state index is 12.9. The van der Waals surface area contributed by atoms with E-state index in [-0.39, 0.29) is 23.1 Å². The van der Waals surface area contributed by atoms with Crippen molar-refractivity contribution in [3.63, 3.8) is 0 Å². The molecule has 142 valence electrons. The van der Waals surface area contributed by atoms with Crippen molar-refractivity contribution in [2.24, 2.45) is 11.3 Å². The second-order valence-corrected chi connectivity index (χ2v) is 7.66. The first-order chi connectivity index (χ1) is 12.7. The molecule has 1 heterocycles. The first kappa shape index (κ1) is 18.9. The Labute approximate surface area is 156 Å². The molecule has 2 amide bonds. The molecule has 1 N–H and O–H groups in total. The summed E-state index contributed by atoms with van der Waals surface area (Å²) in [6.07, 6.45) is 6.44. The molecule has 2 fully saturated rings. The second-order valence-electron chi connectivity index (χ2n) is 7.66. The third-order valence-corrected chi connectivity index (χ3v) is 5.95. The van der Waals surface area contributed by atoms with Gasteiger partial charge in [-0.15, -0.1) is 0 Å². The molecule has 1 aromatic rings. The molecule has 1 aliphatic heterocycles. The van der Waals surface area contributed by atoms with Gasteiger partial charge in [0.05, 0.1) is 5.92 Å². The van der Waals surface area contributed by atoms with Gasteiger partial charge in [0, 0.05) is 44.3 Å². The van der Waals surface area contributed by atoms with Crippen molar-refractivity contribution in [1.82, 2.24) is 10.2 Å². The number of rotatable bonds is 6. The van der Waals surface area contributed by atoms with Crippen LogP contribution in [0, 0.1) is 11.3 Å². The minimum Gasteiger partial charge on any atom is -0.385 e. The second kappa shape index (κ2) is 8.67. The Morgan fingerprint density at radius 3 is 2.62 bits per heavy atom. The summed E-state index contributed by atoms with van der Waals surface area (Å²) in [5.74, 6) is 0.0506. The van der Waals surface area contributed by atoms with Crippen molar-refractivity contribution < 1.29 is 14.3 Å². The number of ether oxygens (including phenoxy) is 1. The van der Waals surface area contributed by atoms with Gasteiger partial charge in [-0.1, -0.05) is 37.5 Å². The molecule has 1 spiro atoms. The Balaban J connectivity index is 1.71. The molecule has 26 heavy (non-hydrogen) atoms. The fraction of sp³-hybridized carbons (Fsp3) is 0.619. The number of nitrogens with zero attached hydrogens (tertiary/aromatic N) is 1. The van der Waals surface area contributed by atoms with Crippen LogP contribution in [-0.2, 0) is 9.53 Å². The Hall–Kier alpha value is -1.88. The standard InChI is InChI=1S/C21H30N2O3/c1-26-14-8-13-22-19(24)18-15-23(16-21(18)11-6-3-7-12-21)20(25)17-9-4-2-5-10-17/h2,4-5,9-10,18H,3,6-8,11-16H2,1H3,(H,22,24). The largest absolute Gasteiger partial charge is 0.385 e. The van der Waals surface area contributed by atoms with Gasteiger partial charge in [0.25, 0.3) is 5.91 Å². The number of methoxy groups -OCH3 is 1. The smallest absolute Gasteiger partial charge is 0.253 e. The summed E-state index contributed by atoms with van der Waals surface area (Å²) in [6.45, 7) is 2.52. The lowest BCUT2D eigenvalue weighted by molar-refractivity contribution is -0.128. The number of nitrogens with one attached hydrogen (secondary N) is 1. The third-order valence-electron chi connectivity index (χ3n) is 5.95. The van der Waals surface area contributed by atoms with Gasteiger partial charge >= 0.3 is 0 Å². The van der Waals surface area contributed by atoms with Crippen LogP contribution in [0.15, 0.2) is 30.3 Å². The van der Waals surface area contributed by atoms with E-state index in [0.717, 1.165) is 32.1 Å². The van der Waals surface area contributed by atoms with Gasteiger partial charge < -0.3 is 15.0 Å². The monoisotopic (exact) mass is 358 g/mol. The third kappa shape index (κ3) is 4.09. The molecule has 0 aromatic heterocycles. The molecule has 1 aromatic carbocycles. The number of likely N-dealkylation sites (tertiary alicyclic amines) is 1. The van der Waals surface area contributed by atoms with E-state index in [9.17, 15) is 9.59 Å². The predicted octanol–water partition coefficient (Wildman–Crippen LogP) is 2.86. The average Bonchev–Trinajstić information content (AvgIpc) is 3.04. The van der Waals surface area contributed by atoms with Crippen molar-refractivity contribution >= 4 is 11.8 Å². The summed E-state index contributed by atoms with van der Waals surface area (Å²) in [5, 5.41) is 3.07. The predicted molar refractivity (Wildman–Crippen MR) is 101 cm³/mol. The van der Waals surface area contributed by atoms with Crippen molar-refractivity contribution in [1.29, 1.82) is 0 Å². The zero-order chi connectivity index (χ0) is 18.4. The van der Waals surface area contributed by atoms with Crippen LogP contribution in [0.25, 0.3) is 0 Å². The van der Waals surface area contributed by atoms with E-state index in [1.165, 1.54) is 6.42 Å². The topological polar surface area (TPSA) is 58.6 Å². The average molecular weight is 358 g/mol. The fourth-order valence-corrected chi connectivity index (χ4v) is 4.56. The molecule has 0 bridgehead atoms. The van der Waals surface area contributed by atoms with Gasteiger partial charge in [-0.25, -0.2) is 0 Å². The maximum absolute atomic E-state index is 12.9. The number of amides is 2. The van der Waals surface area contributed by atoms with Gasteiger partial charge in [0.2, 0.25) is 5.91 Å². The van der Waals surface area contributed by atoms with Crippen molar-refractivity contribution in [3.8, 4) is 0 Å². The van der Waals surface area contributed by atoms with Crippen molar-refractivity contribution in [2.75, 3.05) is 33.4 Å². The first-order valence-corrected chi connectivity index (χ1v) is 9.77. The van der Waals surface area contributed by atoms with Crippen molar-refractivity contribution in [3.05, 3.63) is 35.9 Å². The number of carbonyl (C=O) groups excluding carboxylic acids is 2. The highest BCUT2D eigenvalue weighted by Crippen LogP contribution is 2.47. The minimum absolute atomic E-state index is 0.0465. The fourth-order valence-electron chi connectivity index (χ4n) is 4.56. The van der Waals surface area contributed by atoms with Gasteiger partial charge in [-0.2, -0.15) is 0 Å². The van der Waals surface area contributed by atoms with E-state index >= 15 is 0 Å². The van der Waals surface area contributed by atoms with Gasteiger partial charge in [-0.3, -0.25) is 9.59 Å². The van der Waals surface area contributed by atoms with E-state index < -0.39 is 0 Å². The molecule has 1 atom stereocenters. The Morgan fingerprint density at radius 2 is 1.92 bits per heavy atom. The molecule has 2 aliphatic rings. The summed E-state index contributed by atoms with van der Waals surface area (Å²) in [4.78, 5) is 27.7. The van der Waals surface area contributed by atoms with Crippen LogP contribution in [-0.4, -0.2) is 50.1 Å². The van der Waals surface area contributed by atoms with Gasteiger partial charge in [-0.05, 0) is 31.4 Å². The highest BCUT2D eigenvalue weighted by molar-refractivity contribution is 5.95. The number of carbonyl (C=O) groups is 2. The van der Waals surface area contributed by atoms with Crippen LogP contribution < -0.4 is 5.32 Å².